The van der Waals surface area contributed by atoms with Crippen LogP contribution in [0.5, 0.6) is 5.75 Å². The van der Waals surface area contributed by atoms with Crippen LogP contribution >= 0.6 is 0 Å². The van der Waals surface area contributed by atoms with Gasteiger partial charge in [-0.05, 0) is 55.7 Å². The molecule has 106 valence electrons. The molecule has 0 bridgehead atoms. The lowest BCUT2D eigenvalue weighted by atomic mass is 9.82. The van der Waals surface area contributed by atoms with Gasteiger partial charge < -0.3 is 10.5 Å². The third-order valence-electron chi connectivity index (χ3n) is 3.88. The fraction of sp³-hybridized carbons (Fsp3) is 0.625. The van der Waals surface area contributed by atoms with Crippen molar-refractivity contribution in [3.8, 4) is 5.75 Å². The lowest BCUT2D eigenvalue weighted by Crippen LogP contribution is -2.29. The molecule has 1 aromatic carbocycles. The molecule has 1 aliphatic carbocycles. The summed E-state index contributed by atoms with van der Waals surface area (Å²) >= 11 is 0. The van der Waals surface area contributed by atoms with Gasteiger partial charge >= 0.3 is 0 Å². The maximum absolute atomic E-state index is 14.0. The minimum absolute atomic E-state index is 0.132. The zero-order valence-corrected chi connectivity index (χ0v) is 11.9. The Bertz CT molecular complexity index is 411. The fourth-order valence-electron chi connectivity index (χ4n) is 3.17. The van der Waals surface area contributed by atoms with E-state index in [-0.39, 0.29) is 11.9 Å². The number of ether oxygens (including phenoxy) is 1. The molecule has 2 rings (SSSR count). The molecule has 1 aromatic rings. The van der Waals surface area contributed by atoms with E-state index in [0.29, 0.717) is 30.6 Å². The van der Waals surface area contributed by atoms with Gasteiger partial charge in [0.2, 0.25) is 0 Å². The van der Waals surface area contributed by atoms with Gasteiger partial charge in [-0.1, -0.05) is 26.0 Å². The molecule has 0 aromatic heterocycles. The van der Waals surface area contributed by atoms with Crippen molar-refractivity contribution in [3.63, 3.8) is 0 Å². The molecular weight excluding hydrogens is 241 g/mol. The molecule has 0 amide bonds. The zero-order chi connectivity index (χ0) is 13.8. The smallest absolute Gasteiger partial charge is 0.165 e. The summed E-state index contributed by atoms with van der Waals surface area (Å²) in [6, 6.07) is 5.09. The second-order valence-electron chi connectivity index (χ2n) is 5.92. The van der Waals surface area contributed by atoms with E-state index in [0.717, 1.165) is 18.4 Å². The Kier molecular flexibility index (Phi) is 4.81. The quantitative estimate of drug-likeness (QED) is 0.904. The molecule has 19 heavy (non-hydrogen) atoms. The number of hydrogen-bond donors (Lipinski definition) is 1. The molecule has 1 fully saturated rings. The van der Waals surface area contributed by atoms with Crippen LogP contribution in [-0.2, 0) is 6.42 Å². The van der Waals surface area contributed by atoms with Crippen molar-refractivity contribution >= 4 is 0 Å². The molecule has 2 nitrogen and oxygen atoms in total. The summed E-state index contributed by atoms with van der Waals surface area (Å²) in [6.07, 6.45) is 4.06. The highest BCUT2D eigenvalue weighted by atomic mass is 19.1. The van der Waals surface area contributed by atoms with E-state index in [4.69, 9.17) is 10.5 Å². The molecule has 2 atom stereocenters. The molecule has 3 heteroatoms. The molecular formula is C16H24FNO. The monoisotopic (exact) mass is 265 g/mol. The minimum atomic E-state index is -0.267. The maximum atomic E-state index is 14.0. The van der Waals surface area contributed by atoms with Crippen LogP contribution in [0.1, 0.15) is 38.7 Å². The average Bonchev–Trinajstić information content (AvgIpc) is 2.32. The van der Waals surface area contributed by atoms with Gasteiger partial charge in [0.1, 0.15) is 0 Å². The Labute approximate surface area is 115 Å². The molecule has 0 radical (unpaired) electrons. The van der Waals surface area contributed by atoms with Gasteiger partial charge in [-0.3, -0.25) is 0 Å². The van der Waals surface area contributed by atoms with E-state index in [1.165, 1.54) is 12.5 Å². The number of para-hydroxylation sites is 1. The summed E-state index contributed by atoms with van der Waals surface area (Å²) in [5.74, 6) is 1.45. The summed E-state index contributed by atoms with van der Waals surface area (Å²) in [6.45, 7) is 5.00. The van der Waals surface area contributed by atoms with Crippen LogP contribution in [0.4, 0.5) is 4.39 Å². The van der Waals surface area contributed by atoms with E-state index in [1.807, 2.05) is 6.07 Å². The SMILES string of the molecule is CC1CC(C)CC(Oc2c(F)cccc2CCN)C1. The van der Waals surface area contributed by atoms with E-state index < -0.39 is 0 Å². The number of halogens is 1. The molecule has 1 saturated carbocycles. The Hall–Kier alpha value is -1.09. The first-order valence-electron chi connectivity index (χ1n) is 7.24. The van der Waals surface area contributed by atoms with Crippen LogP contribution in [-0.4, -0.2) is 12.6 Å². The normalized spacial score (nSPS) is 27.3. The summed E-state index contributed by atoms with van der Waals surface area (Å²) in [4.78, 5) is 0. The van der Waals surface area contributed by atoms with Crippen molar-refractivity contribution in [2.45, 2.75) is 45.6 Å². The lowest BCUT2D eigenvalue weighted by Gasteiger charge is -2.32. The zero-order valence-electron chi connectivity index (χ0n) is 11.9. The predicted octanol–water partition coefficient (Wildman–Crippen LogP) is 3.53. The topological polar surface area (TPSA) is 35.2 Å². The fourth-order valence-corrected chi connectivity index (χ4v) is 3.17. The van der Waals surface area contributed by atoms with Gasteiger partial charge in [0.05, 0.1) is 6.10 Å². The molecule has 0 saturated heterocycles. The van der Waals surface area contributed by atoms with Crippen LogP contribution < -0.4 is 10.5 Å². The second-order valence-corrected chi connectivity index (χ2v) is 5.92. The minimum Gasteiger partial charge on any atom is -0.487 e. The number of benzene rings is 1. The average molecular weight is 265 g/mol. The van der Waals surface area contributed by atoms with Crippen LogP contribution in [0.3, 0.4) is 0 Å². The maximum Gasteiger partial charge on any atom is 0.165 e. The first-order valence-corrected chi connectivity index (χ1v) is 7.24. The van der Waals surface area contributed by atoms with Crippen LogP contribution in [0.25, 0.3) is 0 Å². The van der Waals surface area contributed by atoms with E-state index in [1.54, 1.807) is 6.07 Å². The van der Waals surface area contributed by atoms with Crippen molar-refractivity contribution in [1.29, 1.82) is 0 Å². The summed E-state index contributed by atoms with van der Waals surface area (Å²) in [5.41, 5.74) is 6.46. The predicted molar refractivity (Wildman–Crippen MR) is 75.8 cm³/mol. The van der Waals surface area contributed by atoms with Gasteiger partial charge in [0.25, 0.3) is 0 Å². The summed E-state index contributed by atoms with van der Waals surface area (Å²) < 4.78 is 19.9. The molecule has 2 N–H and O–H groups in total. The lowest BCUT2D eigenvalue weighted by molar-refractivity contribution is 0.0960. The highest BCUT2D eigenvalue weighted by Crippen LogP contribution is 2.33. The first-order chi connectivity index (χ1) is 9.10. The summed E-state index contributed by atoms with van der Waals surface area (Å²) in [7, 11) is 0. The van der Waals surface area contributed by atoms with Crippen LogP contribution in [0.2, 0.25) is 0 Å². The molecule has 1 aliphatic rings. The Morgan fingerprint density at radius 1 is 1.21 bits per heavy atom. The third-order valence-corrected chi connectivity index (χ3v) is 3.88. The number of hydrogen-bond acceptors (Lipinski definition) is 2. The largest absolute Gasteiger partial charge is 0.487 e. The van der Waals surface area contributed by atoms with Gasteiger partial charge in [0.15, 0.2) is 11.6 Å². The van der Waals surface area contributed by atoms with Crippen molar-refractivity contribution in [3.05, 3.63) is 29.6 Å². The van der Waals surface area contributed by atoms with Gasteiger partial charge in [0, 0.05) is 0 Å². The van der Waals surface area contributed by atoms with Crippen molar-refractivity contribution in [1.82, 2.24) is 0 Å². The molecule has 0 aliphatic heterocycles. The third kappa shape index (κ3) is 3.69. The molecule has 0 heterocycles. The van der Waals surface area contributed by atoms with Crippen molar-refractivity contribution in [2.24, 2.45) is 17.6 Å². The van der Waals surface area contributed by atoms with Crippen molar-refractivity contribution < 1.29 is 9.13 Å². The highest BCUT2D eigenvalue weighted by molar-refractivity contribution is 5.35. The first kappa shape index (κ1) is 14.3. The summed E-state index contributed by atoms with van der Waals surface area (Å²) in [5, 5.41) is 0. The Balaban J connectivity index is 2.13. The Morgan fingerprint density at radius 3 is 2.53 bits per heavy atom. The van der Waals surface area contributed by atoms with Crippen molar-refractivity contribution in [2.75, 3.05) is 6.54 Å². The van der Waals surface area contributed by atoms with Gasteiger partial charge in [-0.25, -0.2) is 4.39 Å². The Morgan fingerprint density at radius 2 is 1.89 bits per heavy atom. The van der Waals surface area contributed by atoms with E-state index >= 15 is 0 Å². The van der Waals surface area contributed by atoms with Gasteiger partial charge in [-0.2, -0.15) is 0 Å². The molecule has 2 unspecified atom stereocenters. The highest BCUT2D eigenvalue weighted by Gasteiger charge is 2.26. The standard InChI is InChI=1S/C16H24FNO/c1-11-8-12(2)10-14(9-11)19-16-13(6-7-18)4-3-5-15(16)17/h3-5,11-12,14H,6-10,18H2,1-2H3. The van der Waals surface area contributed by atoms with E-state index in [2.05, 4.69) is 13.8 Å². The molecule has 0 spiro atoms. The second kappa shape index (κ2) is 6.38. The van der Waals surface area contributed by atoms with Crippen LogP contribution in [0.15, 0.2) is 18.2 Å². The van der Waals surface area contributed by atoms with E-state index in [9.17, 15) is 4.39 Å². The van der Waals surface area contributed by atoms with Crippen LogP contribution in [0, 0.1) is 17.7 Å². The number of nitrogens with two attached hydrogens (primary N) is 1. The van der Waals surface area contributed by atoms with Gasteiger partial charge in [-0.15, -0.1) is 0 Å². The number of rotatable bonds is 4.